The molecule has 0 aliphatic carbocycles. The molecule has 1 aromatic heterocycles. The van der Waals surface area contributed by atoms with Gasteiger partial charge in [-0.05, 0) is 25.0 Å². The number of amides is 1. The lowest BCUT2D eigenvalue weighted by atomic mass is 9.98. The molecule has 1 aliphatic heterocycles. The number of carbonyl (C=O) groups is 1. The Hall–Kier alpha value is -1.32. The van der Waals surface area contributed by atoms with Crippen LogP contribution in [0.3, 0.4) is 0 Å². The Morgan fingerprint density at radius 3 is 2.67 bits per heavy atom. The van der Waals surface area contributed by atoms with Crippen molar-refractivity contribution in [1.29, 1.82) is 0 Å². The number of thiophene rings is 1. The van der Waals surface area contributed by atoms with E-state index in [0.717, 1.165) is 17.6 Å². The zero-order valence-corrected chi connectivity index (χ0v) is 13.1. The molecule has 2 heterocycles. The van der Waals surface area contributed by atoms with E-state index in [1.54, 1.807) is 6.07 Å². The van der Waals surface area contributed by atoms with Gasteiger partial charge in [0.05, 0.1) is 17.3 Å². The lowest BCUT2D eigenvalue weighted by molar-refractivity contribution is -0.126. The molecule has 0 spiro atoms. The number of hydrogen-bond donors (Lipinski definition) is 1. The summed E-state index contributed by atoms with van der Waals surface area (Å²) in [6, 6.07) is 2.90. The predicted octanol–water partition coefficient (Wildman–Crippen LogP) is 1.01. The zero-order chi connectivity index (χ0) is 15.5. The van der Waals surface area contributed by atoms with Crippen LogP contribution in [0.2, 0.25) is 0 Å². The molecule has 2 rings (SSSR count). The Morgan fingerprint density at radius 2 is 2.14 bits per heavy atom. The number of sulfonamides is 1. The third-order valence-electron chi connectivity index (χ3n) is 3.25. The van der Waals surface area contributed by atoms with Gasteiger partial charge < -0.3 is 0 Å². The Morgan fingerprint density at radius 1 is 1.48 bits per heavy atom. The second kappa shape index (κ2) is 6.63. The molecule has 1 N–H and O–H groups in total. The standard InChI is InChI=1S/C12H16FN3O3S2/c1-21(18,19)16-6-4-9(5-7-16)12(17)15-14-8-10-2-3-11(13)20-10/h2-3,8-9H,4-7H2,1H3,(H,15,17). The second-order valence-corrected chi connectivity index (χ2v) is 7.86. The van der Waals surface area contributed by atoms with Crippen molar-refractivity contribution in [2.45, 2.75) is 12.8 Å². The third kappa shape index (κ3) is 4.58. The van der Waals surface area contributed by atoms with E-state index < -0.39 is 10.0 Å². The second-order valence-electron chi connectivity index (χ2n) is 4.81. The van der Waals surface area contributed by atoms with E-state index >= 15 is 0 Å². The van der Waals surface area contributed by atoms with E-state index in [9.17, 15) is 17.6 Å². The van der Waals surface area contributed by atoms with E-state index in [-0.39, 0.29) is 17.0 Å². The molecular formula is C12H16FN3O3S2. The molecule has 6 nitrogen and oxygen atoms in total. The van der Waals surface area contributed by atoms with Crippen molar-refractivity contribution in [1.82, 2.24) is 9.73 Å². The Balaban J connectivity index is 1.81. The van der Waals surface area contributed by atoms with Crippen molar-refractivity contribution < 1.29 is 17.6 Å². The van der Waals surface area contributed by atoms with Gasteiger partial charge in [0, 0.05) is 19.0 Å². The molecule has 0 aromatic carbocycles. The van der Waals surface area contributed by atoms with E-state index in [0.29, 0.717) is 30.8 Å². The minimum Gasteiger partial charge on any atom is -0.273 e. The fourth-order valence-corrected chi connectivity index (χ4v) is 3.57. The van der Waals surface area contributed by atoms with Crippen molar-refractivity contribution in [3.05, 3.63) is 22.1 Å². The minimum absolute atomic E-state index is 0.239. The Labute approximate surface area is 126 Å². The van der Waals surface area contributed by atoms with Crippen LogP contribution in [0, 0.1) is 11.0 Å². The number of rotatable bonds is 4. The van der Waals surface area contributed by atoms with Crippen LogP contribution in [-0.4, -0.2) is 44.2 Å². The van der Waals surface area contributed by atoms with Crippen LogP contribution in [-0.2, 0) is 14.8 Å². The fourth-order valence-electron chi connectivity index (χ4n) is 2.10. The summed E-state index contributed by atoms with van der Waals surface area (Å²) in [4.78, 5) is 12.5. The molecule has 0 bridgehead atoms. The van der Waals surface area contributed by atoms with E-state index in [1.165, 1.54) is 16.6 Å². The molecule has 1 saturated heterocycles. The zero-order valence-electron chi connectivity index (χ0n) is 11.5. The third-order valence-corrected chi connectivity index (χ3v) is 5.37. The van der Waals surface area contributed by atoms with E-state index in [1.807, 2.05) is 0 Å². The molecule has 0 unspecified atom stereocenters. The van der Waals surface area contributed by atoms with Gasteiger partial charge in [0.25, 0.3) is 0 Å². The Kier molecular flexibility index (Phi) is 5.07. The van der Waals surface area contributed by atoms with Gasteiger partial charge >= 0.3 is 0 Å². The van der Waals surface area contributed by atoms with Crippen LogP contribution in [0.4, 0.5) is 4.39 Å². The topological polar surface area (TPSA) is 78.8 Å². The number of piperidine rings is 1. The van der Waals surface area contributed by atoms with Gasteiger partial charge in [-0.25, -0.2) is 18.1 Å². The molecule has 9 heteroatoms. The summed E-state index contributed by atoms with van der Waals surface area (Å²) in [5.74, 6) is -0.489. The highest BCUT2D eigenvalue weighted by atomic mass is 32.2. The first-order valence-corrected chi connectivity index (χ1v) is 9.06. The van der Waals surface area contributed by atoms with Gasteiger partial charge in [0.15, 0.2) is 5.13 Å². The lowest BCUT2D eigenvalue weighted by Crippen LogP contribution is -2.41. The van der Waals surface area contributed by atoms with Gasteiger partial charge in [-0.3, -0.25) is 4.79 Å². The molecule has 1 aromatic rings. The number of hydrogen-bond acceptors (Lipinski definition) is 5. The van der Waals surface area contributed by atoms with Gasteiger partial charge in [0.1, 0.15) is 0 Å². The van der Waals surface area contributed by atoms with Crippen LogP contribution in [0.25, 0.3) is 0 Å². The molecule has 116 valence electrons. The summed E-state index contributed by atoms with van der Waals surface area (Å²) in [6.07, 6.45) is 3.50. The van der Waals surface area contributed by atoms with Gasteiger partial charge in [-0.2, -0.15) is 9.49 Å². The van der Waals surface area contributed by atoms with Crippen LogP contribution in [0.1, 0.15) is 17.7 Å². The summed E-state index contributed by atoms with van der Waals surface area (Å²) in [5.41, 5.74) is 2.41. The first-order valence-electron chi connectivity index (χ1n) is 6.39. The molecule has 0 saturated carbocycles. The largest absolute Gasteiger partial charge is 0.273 e. The lowest BCUT2D eigenvalue weighted by Gasteiger charge is -2.28. The summed E-state index contributed by atoms with van der Waals surface area (Å²) in [5, 5.41) is 3.48. The highest BCUT2D eigenvalue weighted by molar-refractivity contribution is 7.88. The number of hydrazone groups is 1. The van der Waals surface area contributed by atoms with Crippen LogP contribution < -0.4 is 5.43 Å². The summed E-state index contributed by atoms with van der Waals surface area (Å²) in [6.45, 7) is 0.688. The molecule has 1 aliphatic rings. The smallest absolute Gasteiger partial charge is 0.243 e. The van der Waals surface area contributed by atoms with Gasteiger partial charge in [0.2, 0.25) is 15.9 Å². The van der Waals surface area contributed by atoms with Crippen molar-refractivity contribution in [3.8, 4) is 0 Å². The monoisotopic (exact) mass is 333 g/mol. The number of nitrogens with zero attached hydrogens (tertiary/aromatic N) is 2. The van der Waals surface area contributed by atoms with E-state index in [4.69, 9.17) is 0 Å². The average molecular weight is 333 g/mol. The fraction of sp³-hybridized carbons (Fsp3) is 0.500. The van der Waals surface area contributed by atoms with Crippen molar-refractivity contribution >= 4 is 33.5 Å². The van der Waals surface area contributed by atoms with Crippen LogP contribution in [0.5, 0.6) is 0 Å². The van der Waals surface area contributed by atoms with Gasteiger partial charge in [-0.1, -0.05) is 0 Å². The quantitative estimate of drug-likeness (QED) is 0.660. The highest BCUT2D eigenvalue weighted by Gasteiger charge is 2.28. The summed E-state index contributed by atoms with van der Waals surface area (Å²) in [7, 11) is -3.19. The first kappa shape index (κ1) is 16.1. The molecule has 1 amide bonds. The maximum Gasteiger partial charge on any atom is 0.243 e. The summed E-state index contributed by atoms with van der Waals surface area (Å²) < 4.78 is 36.9. The maximum atomic E-state index is 12.8. The van der Waals surface area contributed by atoms with Crippen molar-refractivity contribution in [3.63, 3.8) is 0 Å². The molecule has 1 fully saturated rings. The van der Waals surface area contributed by atoms with Crippen LogP contribution in [0.15, 0.2) is 17.2 Å². The number of halogens is 1. The predicted molar refractivity (Wildman–Crippen MR) is 79.2 cm³/mol. The average Bonchev–Trinajstić information content (AvgIpc) is 2.83. The highest BCUT2D eigenvalue weighted by Crippen LogP contribution is 2.19. The van der Waals surface area contributed by atoms with Gasteiger partial charge in [-0.15, -0.1) is 11.3 Å². The number of nitrogens with one attached hydrogen (secondary N) is 1. The summed E-state index contributed by atoms with van der Waals surface area (Å²) >= 11 is 0.937. The SMILES string of the molecule is CS(=O)(=O)N1CCC(C(=O)NN=Cc2ccc(F)s2)CC1. The molecular weight excluding hydrogens is 317 g/mol. The minimum atomic E-state index is -3.19. The van der Waals surface area contributed by atoms with Crippen molar-refractivity contribution in [2.75, 3.05) is 19.3 Å². The van der Waals surface area contributed by atoms with Crippen molar-refractivity contribution in [2.24, 2.45) is 11.0 Å². The maximum absolute atomic E-state index is 12.8. The molecule has 0 atom stereocenters. The molecule has 0 radical (unpaired) electrons. The van der Waals surface area contributed by atoms with Crippen LogP contribution >= 0.6 is 11.3 Å². The Bertz CT molecular complexity index is 634. The normalized spacial score (nSPS) is 18.2. The van der Waals surface area contributed by atoms with E-state index in [2.05, 4.69) is 10.5 Å². The first-order chi connectivity index (χ1) is 9.86. The molecule has 21 heavy (non-hydrogen) atoms. The number of carbonyl (C=O) groups excluding carboxylic acids is 1.